The fraction of sp³-hybridized carbons (Fsp3) is 0.917. The molecule has 0 aromatic rings. The minimum atomic E-state index is -2.30. The molecule has 0 radical (unpaired) electrons. The first-order valence-corrected chi connectivity index (χ1v) is 34.0. The number of hydrogen-bond acceptors (Lipinski definition) is 8. The van der Waals surface area contributed by atoms with E-state index in [1.807, 2.05) is 78.6 Å². The van der Waals surface area contributed by atoms with Gasteiger partial charge in [0.1, 0.15) is 12.2 Å². The summed E-state index contributed by atoms with van der Waals surface area (Å²) in [5.41, 5.74) is 0. The van der Waals surface area contributed by atoms with Crippen LogP contribution < -0.4 is 0 Å². The van der Waals surface area contributed by atoms with Gasteiger partial charge in [-0.2, -0.15) is 0 Å². The zero-order valence-corrected chi connectivity index (χ0v) is 33.6. The van der Waals surface area contributed by atoms with Crippen LogP contribution in [-0.2, 0) is 36.1 Å². The molecule has 4 atom stereocenters. The van der Waals surface area contributed by atoms with Gasteiger partial charge in [-0.1, -0.05) is 0 Å². The summed E-state index contributed by atoms with van der Waals surface area (Å²) in [6.45, 7) is 36.2. The van der Waals surface area contributed by atoms with Crippen molar-refractivity contribution in [3.63, 3.8) is 0 Å². The van der Waals surface area contributed by atoms with E-state index in [1.165, 1.54) is 0 Å². The van der Waals surface area contributed by atoms with Crippen molar-refractivity contribution in [3.05, 3.63) is 0 Å². The molecule has 0 saturated carbocycles. The molecule has 0 aromatic carbocycles. The Morgan fingerprint density at radius 3 is 0.737 bits per heavy atom. The summed E-state index contributed by atoms with van der Waals surface area (Å²) < 4.78 is 38.6. The molecule has 0 heterocycles. The fourth-order valence-electron chi connectivity index (χ4n) is 3.40. The van der Waals surface area contributed by atoms with Gasteiger partial charge in [-0.15, -0.1) is 0 Å². The second kappa shape index (κ2) is 13.4. The second-order valence-electron chi connectivity index (χ2n) is 15.8. The lowest BCUT2D eigenvalue weighted by molar-refractivity contribution is -0.164. The molecule has 0 aromatic heterocycles. The van der Waals surface area contributed by atoms with Gasteiger partial charge in [0.15, 0.2) is 45.5 Å². The Labute approximate surface area is 239 Å². The molecule has 0 aliphatic carbocycles. The summed E-state index contributed by atoms with van der Waals surface area (Å²) >= 11 is 0. The van der Waals surface area contributed by atoms with E-state index in [1.54, 1.807) is 0 Å². The molecule has 0 fully saturated rings. The van der Waals surface area contributed by atoms with Gasteiger partial charge in [0, 0.05) is 0 Å². The first-order chi connectivity index (χ1) is 16.4. The summed E-state index contributed by atoms with van der Waals surface area (Å²) in [5, 5.41) is 0. The van der Waals surface area contributed by atoms with Gasteiger partial charge in [-0.05, 0) is 118 Å². The molecule has 0 unspecified atom stereocenters. The summed E-state index contributed by atoms with van der Waals surface area (Å²) in [6, 6.07) is 0. The van der Waals surface area contributed by atoms with Crippen LogP contribution in [0.2, 0.25) is 118 Å². The monoisotopic (exact) mass is 642 g/mol. The number of rotatable bonds is 15. The van der Waals surface area contributed by atoms with Gasteiger partial charge >= 0.3 is 11.9 Å². The summed E-state index contributed by atoms with van der Waals surface area (Å²) in [5.74, 6) is -0.936. The third kappa shape index (κ3) is 17.7. The molecule has 0 N–H and O–H groups in total. The fourth-order valence-corrected chi connectivity index (χ4v) is 8.97. The smallest absolute Gasteiger partial charge is 0.323 e. The second-order valence-corrected chi connectivity index (χ2v) is 42.5. The topological polar surface area (TPSA) is 89.5 Å². The van der Waals surface area contributed by atoms with E-state index in [2.05, 4.69) is 39.3 Å². The molecule has 0 amide bonds. The van der Waals surface area contributed by atoms with Crippen LogP contribution in [0.4, 0.5) is 0 Å². The Balaban J connectivity index is 7.27. The molecule has 38 heavy (non-hydrogen) atoms. The predicted molar refractivity (Wildman–Crippen MR) is 172 cm³/mol. The first-order valence-electron chi connectivity index (χ1n) is 13.6. The normalized spacial score (nSPS) is 17.4. The lowest BCUT2D eigenvalue weighted by Crippen LogP contribution is -2.62. The van der Waals surface area contributed by atoms with Gasteiger partial charge in [0.25, 0.3) is 0 Å². The van der Waals surface area contributed by atoms with Crippen LogP contribution >= 0.6 is 0 Å². The van der Waals surface area contributed by atoms with E-state index in [-0.39, 0.29) is 0 Å². The van der Waals surface area contributed by atoms with E-state index in [0.717, 1.165) is 0 Å². The van der Waals surface area contributed by atoms with Crippen LogP contribution in [0.15, 0.2) is 0 Å². The first kappa shape index (κ1) is 38.1. The van der Waals surface area contributed by atoms with E-state index >= 15 is 0 Å². The molecule has 0 rings (SSSR count). The third-order valence-electron chi connectivity index (χ3n) is 4.14. The lowest BCUT2D eigenvalue weighted by atomic mass is 10.0. The highest BCUT2D eigenvalue weighted by atomic mass is 28.4. The van der Waals surface area contributed by atoms with Crippen molar-refractivity contribution in [1.82, 2.24) is 0 Å². The van der Waals surface area contributed by atoms with Crippen LogP contribution in [0.25, 0.3) is 0 Å². The molecular weight excluding hydrogens is 585 g/mol. The number of hydrogen-bond donors (Lipinski definition) is 0. The Morgan fingerprint density at radius 2 is 0.579 bits per heavy atom. The van der Waals surface area contributed by atoms with Crippen molar-refractivity contribution in [3.8, 4) is 0 Å². The quantitative estimate of drug-likeness (QED) is 0.184. The van der Waals surface area contributed by atoms with E-state index < -0.39 is 86.3 Å². The van der Waals surface area contributed by atoms with Crippen molar-refractivity contribution < 1.29 is 36.1 Å². The van der Waals surface area contributed by atoms with E-state index in [9.17, 15) is 9.59 Å². The molecule has 226 valence electrons. The highest BCUT2D eigenvalue weighted by Gasteiger charge is 2.51. The average Bonchev–Trinajstić information content (AvgIpc) is 2.54. The molecule has 0 bridgehead atoms. The van der Waals surface area contributed by atoms with E-state index in [0.29, 0.717) is 0 Å². The van der Waals surface area contributed by atoms with Crippen molar-refractivity contribution in [2.24, 2.45) is 0 Å². The van der Waals surface area contributed by atoms with Gasteiger partial charge in [-0.3, -0.25) is 9.59 Å². The van der Waals surface area contributed by atoms with Crippen LogP contribution in [0.5, 0.6) is 0 Å². The Kier molecular flexibility index (Phi) is 13.4. The van der Waals surface area contributed by atoms with Gasteiger partial charge in [-0.25, -0.2) is 0 Å². The molecule has 0 aliphatic heterocycles. The largest absolute Gasteiger partial charge is 0.518 e. The third-order valence-corrected chi connectivity index (χ3v) is 9.65. The molecule has 8 nitrogen and oxygen atoms in total. The standard InChI is InChI=1S/C24H58O8Si6/c1-33(2,3)27-19(21(29-35(7,8)9)23(25)31-37(13,14)15)20(28-34(4,5)6)22(30-36(10,11)12)24(26)32-38(16,17)18/h19-22H,1-18H3/t19-,20+,21-,22-/m1/s1. The molecule has 14 heteroatoms. The molecule has 0 saturated heterocycles. The number of carbonyl (C=O) groups is 2. The van der Waals surface area contributed by atoms with Crippen LogP contribution in [0.3, 0.4) is 0 Å². The van der Waals surface area contributed by atoms with Gasteiger partial charge < -0.3 is 26.6 Å². The minimum Gasteiger partial charge on any atom is -0.518 e. The average molecular weight is 643 g/mol. The van der Waals surface area contributed by atoms with Crippen molar-refractivity contribution in [1.29, 1.82) is 0 Å². The zero-order valence-electron chi connectivity index (χ0n) is 27.6. The number of carbonyl (C=O) groups excluding carboxylic acids is 2. The maximum atomic E-state index is 13.8. The maximum absolute atomic E-state index is 13.8. The van der Waals surface area contributed by atoms with Crippen LogP contribution in [-0.4, -0.2) is 86.3 Å². The van der Waals surface area contributed by atoms with Crippen molar-refractivity contribution in [2.75, 3.05) is 0 Å². The van der Waals surface area contributed by atoms with E-state index in [4.69, 9.17) is 26.6 Å². The molecule has 0 aliphatic rings. The highest BCUT2D eigenvalue weighted by molar-refractivity contribution is 6.73. The SMILES string of the molecule is C[Si](C)(C)OC(=O)[C@H](O[Si](C)(C)C)[C@H](O[Si](C)(C)C)[C@H](O[Si](C)(C)C)[C@@H](O[Si](C)(C)C)C(=O)O[Si](C)(C)C. The Bertz CT molecular complexity index is 717. The van der Waals surface area contributed by atoms with Crippen molar-refractivity contribution in [2.45, 2.75) is 142 Å². The van der Waals surface area contributed by atoms with Gasteiger partial charge in [0.2, 0.25) is 16.6 Å². The Hall–Kier alpha value is 0.0813. The maximum Gasteiger partial charge on any atom is 0.323 e. The van der Waals surface area contributed by atoms with Gasteiger partial charge in [0.05, 0.1) is 0 Å². The van der Waals surface area contributed by atoms with Crippen molar-refractivity contribution >= 4 is 61.8 Å². The lowest BCUT2D eigenvalue weighted by Gasteiger charge is -2.44. The summed E-state index contributed by atoms with van der Waals surface area (Å²) in [6.07, 6.45) is -3.93. The highest BCUT2D eigenvalue weighted by Crippen LogP contribution is 2.30. The molecule has 0 spiro atoms. The summed E-state index contributed by atoms with van der Waals surface area (Å²) in [4.78, 5) is 27.6. The predicted octanol–water partition coefficient (Wildman–Crippen LogP) is 6.62. The Morgan fingerprint density at radius 1 is 0.368 bits per heavy atom. The summed E-state index contributed by atoms with van der Waals surface area (Å²) in [7, 11) is -13.7. The minimum absolute atomic E-state index is 0.468. The van der Waals surface area contributed by atoms with Crippen LogP contribution in [0, 0.1) is 0 Å². The zero-order chi connectivity index (χ0) is 30.7. The van der Waals surface area contributed by atoms with Crippen LogP contribution in [0.1, 0.15) is 0 Å². The molecular formula is C24H58O8Si6.